The van der Waals surface area contributed by atoms with Crippen LogP contribution in [0.5, 0.6) is 0 Å². The summed E-state index contributed by atoms with van der Waals surface area (Å²) in [7, 11) is 0. The summed E-state index contributed by atoms with van der Waals surface area (Å²) in [5.74, 6) is 0.148. The van der Waals surface area contributed by atoms with Crippen LogP contribution in [0.25, 0.3) is 0 Å². The number of hydrogen-bond donors (Lipinski definition) is 1. The van der Waals surface area contributed by atoms with Gasteiger partial charge in [0.15, 0.2) is 5.78 Å². The van der Waals surface area contributed by atoms with Gasteiger partial charge in [-0.15, -0.1) is 0 Å². The molecule has 0 aromatic heterocycles. The molecule has 3 nitrogen and oxygen atoms in total. The first-order chi connectivity index (χ1) is 15.0. The first-order valence-corrected chi connectivity index (χ1v) is 11.1. The van der Waals surface area contributed by atoms with E-state index >= 15 is 0 Å². The Kier molecular flexibility index (Phi) is 8.57. The molecule has 3 heteroatoms. The Balaban J connectivity index is 1.92. The molecule has 0 spiro atoms. The lowest BCUT2D eigenvalue weighted by Gasteiger charge is -2.32. The second kappa shape index (κ2) is 11.6. The highest BCUT2D eigenvalue weighted by atomic mass is 16.3. The maximum Gasteiger partial charge on any atom is 0.152 e. The van der Waals surface area contributed by atoms with Gasteiger partial charge in [-0.1, -0.05) is 105 Å². The molecule has 0 unspecified atom stereocenters. The predicted molar refractivity (Wildman–Crippen MR) is 127 cm³/mol. The standard InChI is InChI=1S/C28H33NO2/c1-22(2)27(30)19-28(31)26(18-23-12-6-3-7-13-23)29(20-24-14-8-4-9-15-24)21-25-16-10-5-11-17-25/h3-17,22,26-27,30H,18-21H2,1-2H3/t26-,27-/m0/s1. The molecule has 0 heterocycles. The molecular weight excluding hydrogens is 382 g/mol. The summed E-state index contributed by atoms with van der Waals surface area (Å²) in [4.78, 5) is 15.7. The van der Waals surface area contributed by atoms with Gasteiger partial charge >= 0.3 is 0 Å². The van der Waals surface area contributed by atoms with E-state index in [9.17, 15) is 9.90 Å². The van der Waals surface area contributed by atoms with Crippen LogP contribution in [0.1, 0.15) is 37.0 Å². The molecule has 0 saturated heterocycles. The summed E-state index contributed by atoms with van der Waals surface area (Å²) in [6.07, 6.45) is 0.181. The van der Waals surface area contributed by atoms with Crippen LogP contribution in [0.15, 0.2) is 91.0 Å². The zero-order valence-electron chi connectivity index (χ0n) is 18.5. The van der Waals surface area contributed by atoms with E-state index in [4.69, 9.17) is 0 Å². The number of hydrogen-bond acceptors (Lipinski definition) is 3. The Hall–Kier alpha value is -2.75. The fourth-order valence-corrected chi connectivity index (χ4v) is 3.77. The maximum absolute atomic E-state index is 13.5. The first kappa shape index (κ1) is 22.9. The smallest absolute Gasteiger partial charge is 0.152 e. The highest BCUT2D eigenvalue weighted by Gasteiger charge is 2.28. The van der Waals surface area contributed by atoms with Crippen LogP contribution in [0.3, 0.4) is 0 Å². The monoisotopic (exact) mass is 415 g/mol. The van der Waals surface area contributed by atoms with Crippen molar-refractivity contribution in [1.29, 1.82) is 0 Å². The predicted octanol–water partition coefficient (Wildman–Crippen LogP) is 5.28. The van der Waals surface area contributed by atoms with E-state index in [-0.39, 0.29) is 24.2 Å². The van der Waals surface area contributed by atoms with E-state index in [1.807, 2.05) is 68.4 Å². The minimum Gasteiger partial charge on any atom is -0.392 e. The van der Waals surface area contributed by atoms with Crippen molar-refractivity contribution in [2.45, 2.75) is 51.9 Å². The van der Waals surface area contributed by atoms with E-state index in [1.54, 1.807) is 0 Å². The van der Waals surface area contributed by atoms with E-state index in [2.05, 4.69) is 41.3 Å². The number of ketones is 1. The second-order valence-corrected chi connectivity index (χ2v) is 8.56. The zero-order valence-corrected chi connectivity index (χ0v) is 18.5. The van der Waals surface area contributed by atoms with E-state index in [0.717, 1.165) is 5.56 Å². The Morgan fingerprint density at radius 1 is 0.742 bits per heavy atom. The van der Waals surface area contributed by atoms with Crippen molar-refractivity contribution < 1.29 is 9.90 Å². The molecule has 1 N–H and O–H groups in total. The van der Waals surface area contributed by atoms with Crippen molar-refractivity contribution in [3.63, 3.8) is 0 Å². The van der Waals surface area contributed by atoms with Gasteiger partial charge in [0.1, 0.15) is 0 Å². The Morgan fingerprint density at radius 2 is 1.16 bits per heavy atom. The van der Waals surface area contributed by atoms with Crippen molar-refractivity contribution in [1.82, 2.24) is 4.90 Å². The summed E-state index contributed by atoms with van der Waals surface area (Å²) in [6.45, 7) is 5.26. The number of benzene rings is 3. The third-order valence-electron chi connectivity index (χ3n) is 5.72. The minimum absolute atomic E-state index is 0.0537. The van der Waals surface area contributed by atoms with Gasteiger partial charge in [-0.05, 0) is 29.0 Å². The van der Waals surface area contributed by atoms with Gasteiger partial charge in [0.2, 0.25) is 0 Å². The Morgan fingerprint density at radius 3 is 1.58 bits per heavy atom. The number of Topliss-reactive ketones (excluding diaryl/α,β-unsaturated/α-hetero) is 1. The van der Waals surface area contributed by atoms with Gasteiger partial charge in [0.25, 0.3) is 0 Å². The third-order valence-corrected chi connectivity index (χ3v) is 5.72. The van der Waals surface area contributed by atoms with Crippen LogP contribution in [0.4, 0.5) is 0 Å². The lowest BCUT2D eigenvalue weighted by Crippen LogP contribution is -2.43. The summed E-state index contributed by atoms with van der Waals surface area (Å²) >= 11 is 0. The quantitative estimate of drug-likeness (QED) is 0.463. The molecule has 162 valence electrons. The largest absolute Gasteiger partial charge is 0.392 e. The number of aliphatic hydroxyl groups is 1. The number of rotatable bonds is 11. The highest BCUT2D eigenvalue weighted by Crippen LogP contribution is 2.20. The van der Waals surface area contributed by atoms with E-state index in [0.29, 0.717) is 19.5 Å². The number of nitrogens with zero attached hydrogens (tertiary/aromatic N) is 1. The molecule has 0 saturated carbocycles. The third kappa shape index (κ3) is 7.16. The molecule has 0 radical (unpaired) electrons. The van der Waals surface area contributed by atoms with Crippen molar-refractivity contribution in [3.05, 3.63) is 108 Å². The molecule has 0 aliphatic rings. The molecular formula is C28H33NO2. The summed E-state index contributed by atoms with van der Waals surface area (Å²) in [5.41, 5.74) is 3.48. The molecule has 0 amide bonds. The van der Waals surface area contributed by atoms with Crippen LogP contribution in [0, 0.1) is 5.92 Å². The maximum atomic E-state index is 13.5. The summed E-state index contributed by atoms with van der Waals surface area (Å²) < 4.78 is 0. The van der Waals surface area contributed by atoms with Crippen LogP contribution in [-0.2, 0) is 24.3 Å². The van der Waals surface area contributed by atoms with Crippen LogP contribution in [-0.4, -0.2) is 27.9 Å². The Labute approximate surface area is 186 Å². The van der Waals surface area contributed by atoms with Gasteiger partial charge in [-0.25, -0.2) is 0 Å². The fourth-order valence-electron chi connectivity index (χ4n) is 3.77. The molecule has 0 aliphatic carbocycles. The summed E-state index contributed by atoms with van der Waals surface area (Å²) in [6, 6.07) is 30.4. The molecule has 2 atom stereocenters. The molecule has 0 fully saturated rings. The van der Waals surface area contributed by atoms with Gasteiger partial charge in [-0.2, -0.15) is 0 Å². The second-order valence-electron chi connectivity index (χ2n) is 8.56. The number of carbonyl (C=O) groups excluding carboxylic acids is 1. The lowest BCUT2D eigenvalue weighted by molar-refractivity contribution is -0.127. The SMILES string of the molecule is CC(C)[C@@H](O)CC(=O)[C@H](Cc1ccccc1)N(Cc1ccccc1)Cc1ccccc1. The number of carbonyl (C=O) groups is 1. The normalized spacial score (nSPS) is 13.3. The van der Waals surface area contributed by atoms with Gasteiger partial charge < -0.3 is 5.11 Å². The van der Waals surface area contributed by atoms with E-state index < -0.39 is 6.10 Å². The highest BCUT2D eigenvalue weighted by molar-refractivity contribution is 5.84. The molecule has 0 aliphatic heterocycles. The van der Waals surface area contributed by atoms with Gasteiger partial charge in [-0.3, -0.25) is 9.69 Å². The summed E-state index contributed by atoms with van der Waals surface area (Å²) in [5, 5.41) is 10.4. The van der Waals surface area contributed by atoms with Crippen LogP contribution < -0.4 is 0 Å². The minimum atomic E-state index is -0.624. The fraction of sp³-hybridized carbons (Fsp3) is 0.321. The molecule has 31 heavy (non-hydrogen) atoms. The van der Waals surface area contributed by atoms with Crippen LogP contribution >= 0.6 is 0 Å². The topological polar surface area (TPSA) is 40.5 Å². The van der Waals surface area contributed by atoms with Crippen molar-refractivity contribution in [2.75, 3.05) is 0 Å². The Bertz CT molecular complexity index is 868. The average Bonchev–Trinajstić information content (AvgIpc) is 2.79. The van der Waals surface area contributed by atoms with Crippen molar-refractivity contribution in [3.8, 4) is 0 Å². The van der Waals surface area contributed by atoms with Crippen molar-refractivity contribution in [2.24, 2.45) is 5.92 Å². The zero-order chi connectivity index (χ0) is 22.1. The molecule has 3 rings (SSSR count). The van der Waals surface area contributed by atoms with Gasteiger partial charge in [0.05, 0.1) is 12.1 Å². The lowest BCUT2D eigenvalue weighted by atomic mass is 9.93. The molecule has 3 aromatic rings. The van der Waals surface area contributed by atoms with Gasteiger partial charge in [0, 0.05) is 19.5 Å². The first-order valence-electron chi connectivity index (χ1n) is 11.1. The average molecular weight is 416 g/mol. The number of aliphatic hydroxyl groups excluding tert-OH is 1. The molecule has 0 bridgehead atoms. The van der Waals surface area contributed by atoms with Crippen molar-refractivity contribution >= 4 is 5.78 Å². The molecule has 3 aromatic carbocycles. The van der Waals surface area contributed by atoms with E-state index in [1.165, 1.54) is 11.1 Å². The van der Waals surface area contributed by atoms with Crippen LogP contribution in [0.2, 0.25) is 0 Å².